The zero-order chi connectivity index (χ0) is 56.1. The fourth-order valence-corrected chi connectivity index (χ4v) is 10.8. The number of amides is 5. The number of hydrogen-bond acceptors (Lipinski definition) is 8. The molecule has 3 aliphatic heterocycles. The third kappa shape index (κ3) is 15.2. The summed E-state index contributed by atoms with van der Waals surface area (Å²) in [5.74, 6) is -2.60. The topological polar surface area (TPSA) is 207 Å². The number of halogens is 2. The minimum Gasteiger partial charge on any atom is -0.508 e. The normalized spacial score (nSPS) is 23.0. The Morgan fingerprint density at radius 2 is 1.60 bits per heavy atom. The maximum absolute atomic E-state index is 15.7. The molecular formula is C59H77BF2N8O8. The van der Waals surface area contributed by atoms with E-state index < -0.39 is 60.9 Å². The van der Waals surface area contributed by atoms with E-state index in [-0.39, 0.29) is 49.2 Å². The summed E-state index contributed by atoms with van der Waals surface area (Å²) in [6, 6.07) is 12.0. The zero-order valence-corrected chi connectivity index (χ0v) is 45.9. The quantitative estimate of drug-likeness (QED) is 0.0263. The summed E-state index contributed by atoms with van der Waals surface area (Å²) in [7, 11) is 1.54. The SMILES string of the molecule is C/C1=C\CC[C@H](C)OC(=O)C[C@H](c2ccc(O)cc2)NC(=O)[C@@H](Cc2c[nH]c3ccccc23)N(C)C(=O)[C@H](CCCCNC(=O)CCCCCNC(=O)CCC2=CC3C=Cc4c(C)cc(C)n4[B-](F)(F)[N+]3=C2)NC(=O)[C@@H](C)C1. The lowest BCUT2D eigenvalue weighted by molar-refractivity contribution is -0.433. The van der Waals surface area contributed by atoms with E-state index in [0.29, 0.717) is 99.8 Å². The van der Waals surface area contributed by atoms with Gasteiger partial charge < -0.3 is 58.6 Å². The van der Waals surface area contributed by atoms with Gasteiger partial charge in [0.2, 0.25) is 29.5 Å². The van der Waals surface area contributed by atoms with Gasteiger partial charge in [-0.1, -0.05) is 55.3 Å². The number of nitrogens with zero attached hydrogens (tertiary/aromatic N) is 3. The molecule has 7 rings (SSSR count). The van der Waals surface area contributed by atoms with Gasteiger partial charge in [0.1, 0.15) is 30.1 Å². The van der Waals surface area contributed by atoms with Crippen LogP contribution in [0.5, 0.6) is 5.75 Å². The van der Waals surface area contributed by atoms with Crippen LogP contribution >= 0.6 is 0 Å². The van der Waals surface area contributed by atoms with E-state index in [2.05, 4.69) is 26.3 Å². The molecule has 6 atom stereocenters. The number of aromatic hydroxyl groups is 1. The van der Waals surface area contributed by atoms with E-state index in [1.54, 1.807) is 57.3 Å². The minimum atomic E-state index is -4.06. The van der Waals surface area contributed by atoms with Gasteiger partial charge in [-0.2, -0.15) is 0 Å². The van der Waals surface area contributed by atoms with Crippen molar-refractivity contribution in [2.75, 3.05) is 20.1 Å². The number of nitrogens with one attached hydrogen (secondary N) is 5. The smallest absolute Gasteiger partial charge is 0.508 e. The molecule has 5 amide bonds. The number of unbranched alkanes of at least 4 members (excludes halogenated alkanes) is 3. The van der Waals surface area contributed by atoms with Crippen LogP contribution in [0.15, 0.2) is 90.2 Å². The number of hydrogen-bond donors (Lipinski definition) is 6. The number of phenols is 1. The number of aromatic amines is 1. The molecule has 4 aromatic rings. The molecule has 0 saturated carbocycles. The molecule has 0 fully saturated rings. The molecule has 1 unspecified atom stereocenters. The highest BCUT2D eigenvalue weighted by molar-refractivity contribution is 6.57. The van der Waals surface area contributed by atoms with Crippen molar-refractivity contribution in [2.45, 2.75) is 155 Å². The number of carbonyl (C=O) groups is 6. The van der Waals surface area contributed by atoms with Gasteiger partial charge in [-0.25, -0.2) is 0 Å². The second-order valence-corrected chi connectivity index (χ2v) is 21.5. The first-order valence-corrected chi connectivity index (χ1v) is 27.6. The Balaban J connectivity index is 0.916. The maximum atomic E-state index is 15.7. The first kappa shape index (κ1) is 58.4. The summed E-state index contributed by atoms with van der Waals surface area (Å²) in [5.41, 5.74) is 5.68. The number of cyclic esters (lactones) is 1. The monoisotopic (exact) mass is 1070 g/mol. The average Bonchev–Trinajstić information content (AvgIpc) is 4.28. The second kappa shape index (κ2) is 26.8. The predicted molar refractivity (Wildman–Crippen MR) is 299 cm³/mol. The summed E-state index contributed by atoms with van der Waals surface area (Å²) in [5, 5.41) is 22.9. The molecule has 5 heterocycles. The number of H-pyrrole nitrogens is 1. The van der Waals surface area contributed by atoms with Gasteiger partial charge in [0, 0.05) is 73.7 Å². The Kier molecular flexibility index (Phi) is 20.1. The van der Waals surface area contributed by atoms with Gasteiger partial charge in [0.05, 0.1) is 18.6 Å². The van der Waals surface area contributed by atoms with Gasteiger partial charge in [-0.3, -0.25) is 28.8 Å². The van der Waals surface area contributed by atoms with Gasteiger partial charge in [-0.15, -0.1) is 0 Å². The Morgan fingerprint density at radius 3 is 2.36 bits per heavy atom. The maximum Gasteiger partial charge on any atom is 0.732 e. The number of rotatable bonds is 17. The standard InChI is InChI=1S/C59H77BF2N8O8/c1-38-15-14-16-42(5)78-56(74)35-51(44-22-25-47(71)26-23-44)67-58(76)53(34-45-36-65-49-18-10-9-17-48(45)49)68(6)59(77)50(66-57(75)40(3)31-38)19-11-13-30-63-54(72)20-8-7-12-29-64-55(73)28-21-43-33-46-24-27-52-39(2)32-41(4)70(52)60(61,62)69(46)37-43/h9-10,15,17-18,22-27,32-33,36-37,40,42,46,50-51,53,65,71H,7-8,11-14,16,19-21,28-31,34-35H2,1-6H3,(H,63,72)(H,64,73)(H,66,75)(H,67,76)/b38-15+/t40-,42-,46?,50-,51+,53+/m0/s1. The Labute approximate surface area is 456 Å². The Morgan fingerprint density at radius 1 is 0.885 bits per heavy atom. The lowest BCUT2D eigenvalue weighted by Crippen LogP contribution is -2.56. The highest BCUT2D eigenvalue weighted by Gasteiger charge is 2.50. The first-order chi connectivity index (χ1) is 37.3. The van der Waals surface area contributed by atoms with Crippen LogP contribution in [0.3, 0.4) is 0 Å². The lowest BCUT2D eigenvalue weighted by Gasteiger charge is -2.32. The van der Waals surface area contributed by atoms with Crippen molar-refractivity contribution in [1.82, 2.24) is 35.6 Å². The molecule has 78 heavy (non-hydrogen) atoms. The molecular weight excluding hydrogens is 998 g/mol. The van der Waals surface area contributed by atoms with E-state index >= 15 is 8.63 Å². The van der Waals surface area contributed by atoms with E-state index in [0.717, 1.165) is 36.6 Å². The van der Waals surface area contributed by atoms with Crippen molar-refractivity contribution in [1.29, 1.82) is 0 Å². The molecule has 0 saturated heterocycles. The molecule has 3 aliphatic rings. The van der Waals surface area contributed by atoms with Crippen molar-refractivity contribution in [3.63, 3.8) is 0 Å². The van der Waals surface area contributed by atoms with Crippen LogP contribution in [0.25, 0.3) is 17.0 Å². The summed E-state index contributed by atoms with van der Waals surface area (Å²) in [6.07, 6.45) is 15.7. The van der Waals surface area contributed by atoms with Crippen LogP contribution in [-0.4, -0.2) is 117 Å². The van der Waals surface area contributed by atoms with Crippen molar-refractivity contribution >= 4 is 65.7 Å². The lowest BCUT2D eigenvalue weighted by atomic mass is 9.94. The van der Waals surface area contributed by atoms with Crippen molar-refractivity contribution < 1.29 is 51.7 Å². The third-order valence-corrected chi connectivity index (χ3v) is 15.2. The van der Waals surface area contributed by atoms with Gasteiger partial charge in [0.15, 0.2) is 0 Å². The molecule has 6 N–H and O–H groups in total. The van der Waals surface area contributed by atoms with E-state index in [4.69, 9.17) is 4.74 Å². The van der Waals surface area contributed by atoms with Gasteiger partial charge in [-0.05, 0) is 150 Å². The largest absolute Gasteiger partial charge is 0.732 e. The fourth-order valence-electron chi connectivity index (χ4n) is 10.8. The summed E-state index contributed by atoms with van der Waals surface area (Å²) in [6.45, 7) is 5.80. The number of para-hydroxylation sites is 1. The summed E-state index contributed by atoms with van der Waals surface area (Å²) in [4.78, 5) is 87.1. The molecule has 418 valence electrons. The number of benzene rings is 2. The van der Waals surface area contributed by atoms with E-state index in [1.807, 2.05) is 57.3 Å². The first-order valence-electron chi connectivity index (χ1n) is 27.6. The van der Waals surface area contributed by atoms with Crippen molar-refractivity contribution in [3.05, 3.63) is 118 Å². The molecule has 2 aromatic carbocycles. The number of aromatic nitrogens is 2. The van der Waals surface area contributed by atoms with Crippen molar-refractivity contribution in [2.24, 2.45) is 5.92 Å². The zero-order valence-electron chi connectivity index (χ0n) is 45.9. The molecule has 0 aliphatic carbocycles. The number of likely N-dealkylation sites (N-methyl/N-ethyl adjacent to an activating group) is 1. The number of esters is 1. The Hall–Kier alpha value is -7.31. The minimum absolute atomic E-state index is 0.0133. The van der Waals surface area contributed by atoms with Crippen LogP contribution in [0.1, 0.15) is 138 Å². The Bertz CT molecular complexity index is 2940. The molecule has 0 spiro atoms. The molecule has 19 heteroatoms. The fraction of sp³-hybridized carbons (Fsp3) is 0.475. The van der Waals surface area contributed by atoms with Crippen molar-refractivity contribution in [3.8, 4) is 5.75 Å². The number of carbonyl (C=O) groups excluding carboxylic acids is 6. The molecule has 0 radical (unpaired) electrons. The van der Waals surface area contributed by atoms with Gasteiger partial charge in [0.25, 0.3) is 0 Å². The highest BCUT2D eigenvalue weighted by Crippen LogP contribution is 2.32. The van der Waals surface area contributed by atoms with Gasteiger partial charge >= 0.3 is 12.9 Å². The number of fused-ring (bicyclic) bond motifs is 3. The summed E-state index contributed by atoms with van der Waals surface area (Å²) < 4.78 is 39.5. The number of ether oxygens (including phenoxy) is 1. The predicted octanol–water partition coefficient (Wildman–Crippen LogP) is 8.18. The highest BCUT2D eigenvalue weighted by atomic mass is 19.2. The number of phenolic OH excluding ortho intramolecular Hbond substituents is 1. The van der Waals surface area contributed by atoms with Crippen LogP contribution < -0.4 is 21.3 Å². The van der Waals surface area contributed by atoms with Crippen LogP contribution in [0.2, 0.25) is 0 Å². The van der Waals surface area contributed by atoms with Crippen LogP contribution in [0.4, 0.5) is 8.63 Å². The van der Waals surface area contributed by atoms with Crippen LogP contribution in [-0.2, 0) is 39.9 Å². The molecule has 16 nitrogen and oxygen atoms in total. The average molecular weight is 1080 g/mol. The molecule has 2 aromatic heterocycles. The van der Waals surface area contributed by atoms with E-state index in [9.17, 15) is 33.9 Å². The second-order valence-electron chi connectivity index (χ2n) is 21.5. The third-order valence-electron chi connectivity index (χ3n) is 15.2. The van der Waals surface area contributed by atoms with E-state index in [1.165, 1.54) is 23.2 Å². The number of allylic oxidation sites excluding steroid dienone is 3. The number of aryl methyl sites for hydroxylation is 2. The summed E-state index contributed by atoms with van der Waals surface area (Å²) >= 11 is 0. The molecule has 0 bridgehead atoms. The van der Waals surface area contributed by atoms with Crippen LogP contribution in [0, 0.1) is 19.8 Å².